The lowest BCUT2D eigenvalue weighted by Gasteiger charge is -1.90. The van der Waals surface area contributed by atoms with Crippen LogP contribution < -0.4 is 0 Å². The van der Waals surface area contributed by atoms with Crippen molar-refractivity contribution >= 4 is 5.97 Å². The number of hydrogen-bond donors (Lipinski definition) is 1. The molecule has 0 aliphatic heterocycles. The van der Waals surface area contributed by atoms with E-state index in [0.717, 1.165) is 12.0 Å². The fraction of sp³-hybridized carbons (Fsp3) is 0.444. The number of carbonyl (C=O) groups is 1. The smallest absolute Gasteiger partial charge is 0.307 e. The third kappa shape index (κ3) is 1.11. The first kappa shape index (κ1) is 7.40. The summed E-state index contributed by atoms with van der Waals surface area (Å²) >= 11 is 0. The van der Waals surface area contributed by atoms with E-state index in [1.807, 2.05) is 30.1 Å². The maximum absolute atomic E-state index is 10.5. The summed E-state index contributed by atoms with van der Waals surface area (Å²) in [6.45, 7) is 0. The van der Waals surface area contributed by atoms with Gasteiger partial charge in [0.15, 0.2) is 0 Å². The van der Waals surface area contributed by atoms with Crippen molar-refractivity contribution in [3.8, 4) is 0 Å². The number of aromatic nitrogens is 1. The average molecular weight is 165 g/mol. The first-order valence-corrected chi connectivity index (χ1v) is 4.03. The Hall–Kier alpha value is -1.25. The Morgan fingerprint density at radius 1 is 1.75 bits per heavy atom. The van der Waals surface area contributed by atoms with Crippen LogP contribution in [0.2, 0.25) is 0 Å². The summed E-state index contributed by atoms with van der Waals surface area (Å²) in [6.07, 6.45) is 4.75. The highest BCUT2D eigenvalue weighted by atomic mass is 16.4. The number of hydrogen-bond acceptors (Lipinski definition) is 1. The van der Waals surface area contributed by atoms with Gasteiger partial charge in [0.1, 0.15) is 0 Å². The Bertz CT molecular complexity index is 316. The molecule has 1 aromatic heterocycles. The van der Waals surface area contributed by atoms with Crippen molar-refractivity contribution in [1.82, 2.24) is 4.57 Å². The molecule has 1 fully saturated rings. The zero-order valence-corrected chi connectivity index (χ0v) is 6.90. The second-order valence-corrected chi connectivity index (χ2v) is 3.40. The first-order valence-electron chi connectivity index (χ1n) is 4.03. The molecule has 1 aliphatic carbocycles. The average Bonchev–Trinajstić information content (AvgIpc) is 2.70. The molecule has 1 N–H and O–H groups in total. The zero-order chi connectivity index (χ0) is 8.72. The first-order chi connectivity index (χ1) is 5.68. The van der Waals surface area contributed by atoms with Crippen LogP contribution in [0.1, 0.15) is 17.9 Å². The van der Waals surface area contributed by atoms with E-state index in [1.165, 1.54) is 0 Å². The van der Waals surface area contributed by atoms with Gasteiger partial charge in [0.05, 0.1) is 5.92 Å². The van der Waals surface area contributed by atoms with Crippen LogP contribution >= 0.6 is 0 Å². The number of carboxylic acid groups (broad SMARTS) is 1. The lowest BCUT2D eigenvalue weighted by atomic mass is 10.2. The van der Waals surface area contributed by atoms with Gasteiger partial charge in [0.25, 0.3) is 0 Å². The van der Waals surface area contributed by atoms with Gasteiger partial charge in [-0.1, -0.05) is 0 Å². The van der Waals surface area contributed by atoms with E-state index in [2.05, 4.69) is 0 Å². The summed E-state index contributed by atoms with van der Waals surface area (Å²) in [6, 6.07) is 1.99. The van der Waals surface area contributed by atoms with Crippen molar-refractivity contribution in [2.45, 2.75) is 12.3 Å². The predicted octanol–water partition coefficient (Wildman–Crippen LogP) is 1.21. The second kappa shape index (κ2) is 2.37. The molecule has 2 unspecified atom stereocenters. The minimum atomic E-state index is -0.663. The van der Waals surface area contributed by atoms with Crippen LogP contribution in [0.3, 0.4) is 0 Å². The van der Waals surface area contributed by atoms with Crippen molar-refractivity contribution in [2.75, 3.05) is 0 Å². The van der Waals surface area contributed by atoms with Gasteiger partial charge in [-0.25, -0.2) is 0 Å². The molecule has 1 aromatic rings. The van der Waals surface area contributed by atoms with Gasteiger partial charge >= 0.3 is 5.97 Å². The number of nitrogens with zero attached hydrogens (tertiary/aromatic N) is 1. The van der Waals surface area contributed by atoms with Crippen molar-refractivity contribution < 1.29 is 9.90 Å². The van der Waals surface area contributed by atoms with Crippen LogP contribution in [0.5, 0.6) is 0 Å². The van der Waals surface area contributed by atoms with E-state index in [4.69, 9.17) is 5.11 Å². The normalized spacial score (nSPS) is 27.1. The van der Waals surface area contributed by atoms with Gasteiger partial charge < -0.3 is 9.67 Å². The third-order valence-corrected chi connectivity index (χ3v) is 2.39. The van der Waals surface area contributed by atoms with Crippen LogP contribution in [0.4, 0.5) is 0 Å². The lowest BCUT2D eigenvalue weighted by molar-refractivity contribution is -0.138. The molecule has 2 atom stereocenters. The summed E-state index contributed by atoms with van der Waals surface area (Å²) in [5, 5.41) is 8.68. The highest BCUT2D eigenvalue weighted by Gasteiger charge is 2.44. The molecule has 12 heavy (non-hydrogen) atoms. The molecule has 0 amide bonds. The van der Waals surface area contributed by atoms with Gasteiger partial charge in [-0.05, 0) is 24.0 Å². The summed E-state index contributed by atoms with van der Waals surface area (Å²) < 4.78 is 1.95. The number of aliphatic carboxylic acids is 1. The van der Waals surface area contributed by atoms with Gasteiger partial charge in [0, 0.05) is 19.4 Å². The molecule has 1 heterocycles. The highest BCUT2D eigenvalue weighted by Crippen LogP contribution is 2.47. The second-order valence-electron chi connectivity index (χ2n) is 3.40. The molecule has 1 aliphatic rings. The van der Waals surface area contributed by atoms with E-state index < -0.39 is 5.97 Å². The van der Waals surface area contributed by atoms with E-state index in [1.54, 1.807) is 0 Å². The molecular formula is C9H11NO2. The van der Waals surface area contributed by atoms with E-state index in [-0.39, 0.29) is 11.8 Å². The molecular weight excluding hydrogens is 154 g/mol. The van der Waals surface area contributed by atoms with Crippen molar-refractivity contribution in [2.24, 2.45) is 13.0 Å². The molecule has 0 aromatic carbocycles. The Morgan fingerprint density at radius 2 is 2.50 bits per heavy atom. The molecule has 0 spiro atoms. The van der Waals surface area contributed by atoms with Gasteiger partial charge in [-0.3, -0.25) is 4.79 Å². The summed E-state index contributed by atoms with van der Waals surface area (Å²) in [5.41, 5.74) is 1.16. The summed E-state index contributed by atoms with van der Waals surface area (Å²) in [5.74, 6) is -0.528. The highest BCUT2D eigenvalue weighted by molar-refractivity contribution is 5.75. The topological polar surface area (TPSA) is 42.2 Å². The largest absolute Gasteiger partial charge is 0.481 e. The SMILES string of the molecule is Cn1ccc(C2CC2C(=O)O)c1. The van der Waals surface area contributed by atoms with Gasteiger partial charge in [0.2, 0.25) is 0 Å². The molecule has 64 valence electrons. The van der Waals surface area contributed by atoms with E-state index in [0.29, 0.717) is 0 Å². The minimum absolute atomic E-state index is 0.132. The Morgan fingerprint density at radius 3 is 2.92 bits per heavy atom. The molecule has 1 saturated carbocycles. The molecule has 0 saturated heterocycles. The van der Waals surface area contributed by atoms with Crippen molar-refractivity contribution in [3.05, 3.63) is 24.0 Å². The van der Waals surface area contributed by atoms with Crippen LogP contribution in [-0.4, -0.2) is 15.6 Å². The molecule has 2 rings (SSSR count). The maximum Gasteiger partial charge on any atom is 0.307 e. The summed E-state index contributed by atoms with van der Waals surface area (Å²) in [7, 11) is 1.95. The van der Waals surface area contributed by atoms with Gasteiger partial charge in [-0.2, -0.15) is 0 Å². The van der Waals surface area contributed by atoms with Crippen LogP contribution in [0.25, 0.3) is 0 Å². The van der Waals surface area contributed by atoms with E-state index >= 15 is 0 Å². The Labute approximate surface area is 70.6 Å². The number of carboxylic acids is 1. The van der Waals surface area contributed by atoms with Crippen LogP contribution in [0, 0.1) is 5.92 Å². The van der Waals surface area contributed by atoms with Crippen LogP contribution in [-0.2, 0) is 11.8 Å². The minimum Gasteiger partial charge on any atom is -0.481 e. The zero-order valence-electron chi connectivity index (χ0n) is 6.90. The lowest BCUT2D eigenvalue weighted by Crippen LogP contribution is -1.98. The third-order valence-electron chi connectivity index (χ3n) is 2.39. The molecule has 0 radical (unpaired) electrons. The monoisotopic (exact) mass is 165 g/mol. The number of aryl methyl sites for hydroxylation is 1. The molecule has 0 bridgehead atoms. The molecule has 3 heteroatoms. The standard InChI is InChI=1S/C9H11NO2/c1-10-3-2-6(5-10)7-4-8(7)9(11)12/h2-3,5,7-8H,4H2,1H3,(H,11,12). The molecule has 3 nitrogen and oxygen atoms in total. The quantitative estimate of drug-likeness (QED) is 0.715. The van der Waals surface area contributed by atoms with Crippen molar-refractivity contribution in [1.29, 1.82) is 0 Å². The predicted molar refractivity (Wildman–Crippen MR) is 43.9 cm³/mol. The van der Waals surface area contributed by atoms with Gasteiger partial charge in [-0.15, -0.1) is 0 Å². The van der Waals surface area contributed by atoms with E-state index in [9.17, 15) is 4.79 Å². The van der Waals surface area contributed by atoms with Crippen LogP contribution in [0.15, 0.2) is 18.5 Å². The van der Waals surface area contributed by atoms with Crippen molar-refractivity contribution in [3.63, 3.8) is 0 Å². The maximum atomic E-state index is 10.5. The fourth-order valence-corrected chi connectivity index (χ4v) is 1.58. The fourth-order valence-electron chi connectivity index (χ4n) is 1.58. The number of rotatable bonds is 2. The Balaban J connectivity index is 2.10. The Kier molecular flexibility index (Phi) is 1.46. The summed E-state index contributed by atoms with van der Waals surface area (Å²) in [4.78, 5) is 10.5.